The maximum Gasteiger partial charge on any atom is 0.319 e. The Labute approximate surface area is 218 Å². The molecule has 3 fully saturated rings. The van der Waals surface area contributed by atoms with Crippen molar-refractivity contribution in [3.8, 4) is 11.5 Å². The van der Waals surface area contributed by atoms with Crippen molar-refractivity contribution in [3.63, 3.8) is 0 Å². The lowest BCUT2D eigenvalue weighted by atomic mass is 9.65. The number of carbonyl (C=O) groups excluding carboxylic acids is 1. The molecule has 7 nitrogen and oxygen atoms in total. The number of fused-ring (bicyclic) bond motifs is 1. The minimum atomic E-state index is -0.184. The van der Waals surface area contributed by atoms with Crippen LogP contribution in [0, 0.1) is 0 Å². The third-order valence-electron chi connectivity index (χ3n) is 8.34. The molecule has 2 aromatic carbocycles. The summed E-state index contributed by atoms with van der Waals surface area (Å²) in [5.74, 6) is 1.52. The molecule has 0 aromatic heterocycles. The fourth-order valence-corrected chi connectivity index (χ4v) is 6.76. The van der Waals surface area contributed by atoms with Gasteiger partial charge in [-0.15, -0.1) is 0 Å². The second-order valence-electron chi connectivity index (χ2n) is 10.2. The van der Waals surface area contributed by atoms with Crippen LogP contribution in [0.1, 0.15) is 44.1 Å². The van der Waals surface area contributed by atoms with Gasteiger partial charge in [-0.2, -0.15) is 0 Å². The molecule has 0 spiro atoms. The summed E-state index contributed by atoms with van der Waals surface area (Å²) in [5, 5.41) is 6.78. The molecule has 3 aliphatic rings. The van der Waals surface area contributed by atoms with E-state index >= 15 is 0 Å². The number of nitrogens with one attached hydrogen (secondary N) is 2. The van der Waals surface area contributed by atoms with Gasteiger partial charge in [-0.1, -0.05) is 23.7 Å². The molecule has 2 aromatic rings. The number of halogens is 1. The Balaban J connectivity index is 1.37. The number of hydrogen-bond acceptors (Lipinski definition) is 5. The minimum absolute atomic E-state index is 0.0272. The lowest BCUT2D eigenvalue weighted by molar-refractivity contribution is 0.0143. The maximum atomic E-state index is 12.8. The van der Waals surface area contributed by atoms with Crippen LogP contribution in [0.3, 0.4) is 0 Å². The summed E-state index contributed by atoms with van der Waals surface area (Å²) in [5.41, 5.74) is 2.03. The fourth-order valence-electron chi connectivity index (χ4n) is 6.57. The first-order valence-corrected chi connectivity index (χ1v) is 13.3. The minimum Gasteiger partial charge on any atom is -0.493 e. The maximum absolute atomic E-state index is 12.8. The summed E-state index contributed by atoms with van der Waals surface area (Å²) in [6.07, 6.45) is 6.07. The number of anilines is 1. The topological polar surface area (TPSA) is 72.1 Å². The van der Waals surface area contributed by atoms with E-state index in [0.717, 1.165) is 69.8 Å². The van der Waals surface area contributed by atoms with Crippen LogP contribution in [-0.4, -0.2) is 63.0 Å². The van der Waals surface area contributed by atoms with Crippen LogP contribution < -0.4 is 20.1 Å². The zero-order valence-electron chi connectivity index (χ0n) is 21.1. The Morgan fingerprint density at radius 1 is 1.06 bits per heavy atom. The molecular weight excluding hydrogens is 478 g/mol. The van der Waals surface area contributed by atoms with Gasteiger partial charge in [0.1, 0.15) is 0 Å². The van der Waals surface area contributed by atoms with Gasteiger partial charge in [-0.3, -0.25) is 4.90 Å². The number of hydrogen-bond donors (Lipinski definition) is 2. The number of rotatable bonds is 6. The smallest absolute Gasteiger partial charge is 0.319 e. The molecule has 1 aliphatic carbocycles. The van der Waals surface area contributed by atoms with Gasteiger partial charge in [0.2, 0.25) is 0 Å². The Morgan fingerprint density at radius 3 is 2.61 bits per heavy atom. The van der Waals surface area contributed by atoms with Crippen molar-refractivity contribution in [1.82, 2.24) is 10.2 Å². The number of likely N-dealkylation sites (tertiary alicyclic amines) is 1. The molecule has 2 heterocycles. The van der Waals surface area contributed by atoms with Gasteiger partial charge in [0.05, 0.1) is 14.2 Å². The number of nitrogens with zero attached hydrogens (tertiary/aromatic N) is 1. The fraction of sp³-hybridized carbons (Fsp3) is 0.536. The van der Waals surface area contributed by atoms with Crippen molar-refractivity contribution in [2.75, 3.05) is 39.3 Å². The van der Waals surface area contributed by atoms with Crippen molar-refractivity contribution in [2.24, 2.45) is 0 Å². The molecule has 8 heteroatoms. The second-order valence-corrected chi connectivity index (χ2v) is 10.6. The lowest BCUT2D eigenvalue weighted by Crippen LogP contribution is -2.55. The number of carbonyl (C=O) groups is 1. The summed E-state index contributed by atoms with van der Waals surface area (Å²) < 4.78 is 16.8. The van der Waals surface area contributed by atoms with Crippen molar-refractivity contribution >= 4 is 23.3 Å². The van der Waals surface area contributed by atoms with Crippen LogP contribution in [0.15, 0.2) is 42.5 Å². The van der Waals surface area contributed by atoms with E-state index in [4.69, 9.17) is 25.8 Å². The van der Waals surface area contributed by atoms with E-state index in [0.29, 0.717) is 22.8 Å². The van der Waals surface area contributed by atoms with Gasteiger partial charge in [0, 0.05) is 47.5 Å². The van der Waals surface area contributed by atoms with Crippen molar-refractivity contribution in [3.05, 3.63) is 53.1 Å². The highest BCUT2D eigenvalue weighted by atomic mass is 35.5. The summed E-state index contributed by atoms with van der Waals surface area (Å²) in [6.45, 7) is 2.70. The summed E-state index contributed by atoms with van der Waals surface area (Å²) >= 11 is 6.08. The van der Waals surface area contributed by atoms with E-state index in [9.17, 15) is 4.79 Å². The second kappa shape index (κ2) is 10.9. The molecule has 2 amide bonds. The normalized spacial score (nSPS) is 26.8. The van der Waals surface area contributed by atoms with Crippen LogP contribution >= 0.6 is 11.6 Å². The van der Waals surface area contributed by atoms with Gasteiger partial charge in [-0.05, 0) is 81.0 Å². The van der Waals surface area contributed by atoms with Crippen LogP contribution in [0.5, 0.6) is 11.5 Å². The highest BCUT2D eigenvalue weighted by molar-refractivity contribution is 6.30. The van der Waals surface area contributed by atoms with Crippen LogP contribution in [0.4, 0.5) is 10.5 Å². The zero-order chi connectivity index (χ0) is 25.1. The predicted octanol–water partition coefficient (Wildman–Crippen LogP) is 5.22. The number of ether oxygens (including phenoxy) is 3. The molecule has 36 heavy (non-hydrogen) atoms. The molecule has 1 saturated carbocycles. The molecule has 3 atom stereocenters. The summed E-state index contributed by atoms with van der Waals surface area (Å²) in [6, 6.07) is 14.4. The van der Waals surface area contributed by atoms with Gasteiger partial charge >= 0.3 is 6.03 Å². The lowest BCUT2D eigenvalue weighted by Gasteiger charge is -2.47. The summed E-state index contributed by atoms with van der Waals surface area (Å²) in [4.78, 5) is 15.6. The van der Waals surface area contributed by atoms with Gasteiger partial charge in [0.15, 0.2) is 11.5 Å². The first-order valence-electron chi connectivity index (χ1n) is 12.9. The number of methoxy groups -OCH3 is 2. The largest absolute Gasteiger partial charge is 0.493 e. The molecule has 2 aliphatic heterocycles. The first-order chi connectivity index (χ1) is 17.5. The van der Waals surface area contributed by atoms with E-state index in [1.807, 2.05) is 18.2 Å². The quantitative estimate of drug-likeness (QED) is 0.554. The van der Waals surface area contributed by atoms with Crippen molar-refractivity contribution < 1.29 is 19.0 Å². The monoisotopic (exact) mass is 513 g/mol. The molecule has 0 unspecified atom stereocenters. The number of benzene rings is 2. The van der Waals surface area contributed by atoms with Crippen LogP contribution in [0.25, 0.3) is 0 Å². The van der Waals surface area contributed by atoms with E-state index in [-0.39, 0.29) is 17.5 Å². The third kappa shape index (κ3) is 5.01. The molecule has 0 bridgehead atoms. The van der Waals surface area contributed by atoms with Crippen molar-refractivity contribution in [2.45, 2.75) is 62.1 Å². The van der Waals surface area contributed by atoms with Gasteiger partial charge in [-0.25, -0.2) is 4.79 Å². The molecule has 2 saturated heterocycles. The van der Waals surface area contributed by atoms with E-state index in [1.165, 1.54) is 5.56 Å². The molecule has 0 radical (unpaired) electrons. The molecule has 5 rings (SSSR count). The Kier molecular flexibility index (Phi) is 7.60. The molecule has 2 N–H and O–H groups in total. The Hall–Kier alpha value is -2.48. The molecular formula is C28H36ClN3O4. The highest BCUT2D eigenvalue weighted by Gasteiger charge is 2.53. The van der Waals surface area contributed by atoms with E-state index < -0.39 is 0 Å². The number of urea groups is 1. The van der Waals surface area contributed by atoms with E-state index in [2.05, 4.69) is 27.7 Å². The standard InChI is InChI=1S/C28H36ClN3O4/c1-34-24-7-6-19(16-25(24)35-2)28-11-8-22(31-27(33)30-21-5-3-4-20(29)17-21)18-26(28)32(13-12-28)23-9-14-36-15-10-23/h3-7,16-17,22-23,26H,8-15,18H2,1-2H3,(H2,30,31,33)/t22-,26+,28+/m1/s1. The van der Waals surface area contributed by atoms with Crippen LogP contribution in [0.2, 0.25) is 5.02 Å². The first kappa shape index (κ1) is 25.2. The SMILES string of the molecule is COc1ccc([C@@]23CC[C@@H](NC(=O)Nc4cccc(Cl)c4)C[C@@H]2N(C2CCOCC2)CC3)cc1OC. The average Bonchev–Trinajstić information content (AvgIpc) is 3.28. The zero-order valence-corrected chi connectivity index (χ0v) is 21.9. The van der Waals surface area contributed by atoms with Crippen LogP contribution in [-0.2, 0) is 10.2 Å². The Morgan fingerprint density at radius 2 is 1.86 bits per heavy atom. The Bertz CT molecular complexity index is 1080. The summed E-state index contributed by atoms with van der Waals surface area (Å²) in [7, 11) is 3.37. The van der Waals surface area contributed by atoms with Crippen molar-refractivity contribution in [1.29, 1.82) is 0 Å². The predicted molar refractivity (Wildman–Crippen MR) is 141 cm³/mol. The van der Waals surface area contributed by atoms with Gasteiger partial charge < -0.3 is 24.8 Å². The van der Waals surface area contributed by atoms with E-state index in [1.54, 1.807) is 26.4 Å². The average molecular weight is 514 g/mol. The number of amides is 2. The third-order valence-corrected chi connectivity index (χ3v) is 8.57. The molecule has 194 valence electrons. The highest BCUT2D eigenvalue weighted by Crippen LogP contribution is 2.51. The van der Waals surface area contributed by atoms with Gasteiger partial charge in [0.25, 0.3) is 0 Å².